The summed E-state index contributed by atoms with van der Waals surface area (Å²) in [5.74, 6) is 0.957. The predicted octanol–water partition coefficient (Wildman–Crippen LogP) is 2.99. The molecule has 80 valence electrons. The average molecular weight is 204 g/mol. The minimum Gasteiger partial charge on any atom is -0.486 e. The van der Waals surface area contributed by atoms with E-state index in [-0.39, 0.29) is 11.4 Å². The summed E-state index contributed by atoms with van der Waals surface area (Å²) in [7, 11) is 0. The first-order chi connectivity index (χ1) is 7.03. The molecule has 0 bridgehead atoms. The number of ketones is 1. The molecule has 1 aliphatic heterocycles. The highest BCUT2D eigenvalue weighted by molar-refractivity contribution is 5.99. The molecule has 1 aromatic rings. The van der Waals surface area contributed by atoms with Crippen molar-refractivity contribution >= 4 is 5.78 Å². The lowest BCUT2D eigenvalue weighted by Crippen LogP contribution is -2.25. The van der Waals surface area contributed by atoms with Gasteiger partial charge in [0.05, 0.1) is 5.56 Å². The molecule has 1 aromatic carbocycles. The highest BCUT2D eigenvalue weighted by Gasteiger charge is 2.32. The Kier molecular flexibility index (Phi) is 2.29. The lowest BCUT2D eigenvalue weighted by Gasteiger charge is -2.17. The average Bonchev–Trinajstić information content (AvgIpc) is 2.49. The molecule has 0 fully saturated rings. The van der Waals surface area contributed by atoms with Gasteiger partial charge in [0.1, 0.15) is 11.4 Å². The van der Waals surface area contributed by atoms with E-state index in [0.717, 1.165) is 23.3 Å². The van der Waals surface area contributed by atoms with E-state index in [1.165, 1.54) is 0 Å². The largest absolute Gasteiger partial charge is 0.486 e. The molecule has 1 aliphatic rings. The molecular weight excluding hydrogens is 188 g/mol. The zero-order valence-electron chi connectivity index (χ0n) is 9.46. The van der Waals surface area contributed by atoms with Crippen LogP contribution in [0.5, 0.6) is 5.75 Å². The molecule has 0 saturated heterocycles. The first-order valence-corrected chi connectivity index (χ1v) is 5.37. The third-order valence-electron chi connectivity index (χ3n) is 2.71. The van der Waals surface area contributed by atoms with E-state index >= 15 is 0 Å². The van der Waals surface area contributed by atoms with Gasteiger partial charge in [0, 0.05) is 12.8 Å². The maximum absolute atomic E-state index is 11.7. The minimum absolute atomic E-state index is 0.157. The van der Waals surface area contributed by atoms with Crippen LogP contribution in [-0.2, 0) is 6.42 Å². The molecule has 1 heterocycles. The first-order valence-electron chi connectivity index (χ1n) is 5.37. The Balaban J connectivity index is 2.46. The van der Waals surface area contributed by atoms with Crippen molar-refractivity contribution in [3.63, 3.8) is 0 Å². The van der Waals surface area contributed by atoms with Gasteiger partial charge in [-0.25, -0.2) is 0 Å². The SMILES string of the molecule is CCC(=O)c1cccc2c1OC(C)(C)C2. The lowest BCUT2D eigenvalue weighted by molar-refractivity contribution is 0.0973. The van der Waals surface area contributed by atoms with Crippen LogP contribution in [0.4, 0.5) is 0 Å². The fourth-order valence-corrected chi connectivity index (χ4v) is 2.03. The van der Waals surface area contributed by atoms with Crippen LogP contribution < -0.4 is 4.74 Å². The summed E-state index contributed by atoms with van der Waals surface area (Å²) in [5.41, 5.74) is 1.71. The number of ether oxygens (including phenoxy) is 1. The van der Waals surface area contributed by atoms with Gasteiger partial charge >= 0.3 is 0 Å². The van der Waals surface area contributed by atoms with Crippen molar-refractivity contribution in [1.82, 2.24) is 0 Å². The number of rotatable bonds is 2. The Morgan fingerprint density at radius 1 is 1.47 bits per heavy atom. The lowest BCUT2D eigenvalue weighted by atomic mass is 9.99. The molecule has 15 heavy (non-hydrogen) atoms. The first kappa shape index (κ1) is 10.2. The number of fused-ring (bicyclic) bond motifs is 1. The molecule has 0 radical (unpaired) electrons. The predicted molar refractivity (Wildman–Crippen MR) is 59.5 cm³/mol. The highest BCUT2D eigenvalue weighted by Crippen LogP contribution is 2.37. The topological polar surface area (TPSA) is 26.3 Å². The minimum atomic E-state index is -0.174. The second-order valence-electron chi connectivity index (χ2n) is 4.61. The van der Waals surface area contributed by atoms with Gasteiger partial charge in [0.15, 0.2) is 5.78 Å². The van der Waals surface area contributed by atoms with Crippen molar-refractivity contribution in [2.45, 2.75) is 39.2 Å². The maximum Gasteiger partial charge on any atom is 0.166 e. The van der Waals surface area contributed by atoms with Crippen molar-refractivity contribution in [2.24, 2.45) is 0 Å². The summed E-state index contributed by atoms with van der Waals surface area (Å²) in [6.07, 6.45) is 1.41. The Hall–Kier alpha value is -1.31. The molecule has 0 spiro atoms. The van der Waals surface area contributed by atoms with Crippen LogP contribution in [0.3, 0.4) is 0 Å². The van der Waals surface area contributed by atoms with Gasteiger partial charge in [0.25, 0.3) is 0 Å². The van der Waals surface area contributed by atoms with Crippen LogP contribution in [0.2, 0.25) is 0 Å². The number of carbonyl (C=O) groups excluding carboxylic acids is 1. The van der Waals surface area contributed by atoms with Gasteiger partial charge in [-0.1, -0.05) is 19.1 Å². The van der Waals surface area contributed by atoms with Gasteiger partial charge in [0.2, 0.25) is 0 Å². The molecule has 0 N–H and O–H groups in total. The van der Waals surface area contributed by atoms with Gasteiger partial charge in [-0.3, -0.25) is 4.79 Å². The van der Waals surface area contributed by atoms with Gasteiger partial charge < -0.3 is 4.74 Å². The molecular formula is C13H16O2. The molecule has 2 rings (SSSR count). The van der Waals surface area contributed by atoms with E-state index in [4.69, 9.17) is 4.74 Å². The van der Waals surface area contributed by atoms with Crippen LogP contribution in [0, 0.1) is 0 Å². The summed E-state index contributed by atoms with van der Waals surface area (Å²) in [4.78, 5) is 11.7. The van der Waals surface area contributed by atoms with Crippen LogP contribution in [0.15, 0.2) is 18.2 Å². The summed E-state index contributed by atoms with van der Waals surface area (Å²) in [5, 5.41) is 0. The highest BCUT2D eigenvalue weighted by atomic mass is 16.5. The van der Waals surface area contributed by atoms with E-state index < -0.39 is 0 Å². The molecule has 2 nitrogen and oxygen atoms in total. The molecule has 0 unspecified atom stereocenters. The number of hydrogen-bond acceptors (Lipinski definition) is 2. The Bertz CT molecular complexity index is 405. The summed E-state index contributed by atoms with van der Waals surface area (Å²) < 4.78 is 5.83. The zero-order valence-corrected chi connectivity index (χ0v) is 9.46. The molecule has 0 amide bonds. The second kappa shape index (κ2) is 3.37. The Morgan fingerprint density at radius 3 is 2.87 bits per heavy atom. The van der Waals surface area contributed by atoms with Crippen molar-refractivity contribution in [3.05, 3.63) is 29.3 Å². The third kappa shape index (κ3) is 1.76. The number of Topliss-reactive ketones (excluding diaryl/α,β-unsaturated/α-hetero) is 1. The fraction of sp³-hybridized carbons (Fsp3) is 0.462. The van der Waals surface area contributed by atoms with Crippen LogP contribution >= 0.6 is 0 Å². The monoisotopic (exact) mass is 204 g/mol. The van der Waals surface area contributed by atoms with Gasteiger partial charge in [-0.2, -0.15) is 0 Å². The van der Waals surface area contributed by atoms with Gasteiger partial charge in [-0.15, -0.1) is 0 Å². The van der Waals surface area contributed by atoms with E-state index in [1.807, 2.05) is 39.0 Å². The maximum atomic E-state index is 11.7. The standard InChI is InChI=1S/C13H16O2/c1-4-11(14)10-7-5-6-9-8-13(2,3)15-12(9)10/h5-7H,4,8H2,1-3H3. The summed E-state index contributed by atoms with van der Waals surface area (Å²) in [6, 6.07) is 5.83. The van der Waals surface area contributed by atoms with Gasteiger partial charge in [-0.05, 0) is 25.5 Å². The fourth-order valence-electron chi connectivity index (χ4n) is 2.03. The molecule has 0 atom stereocenters. The Morgan fingerprint density at radius 2 is 2.20 bits per heavy atom. The molecule has 2 heteroatoms. The number of benzene rings is 1. The Labute approximate surface area is 90.3 Å². The second-order valence-corrected chi connectivity index (χ2v) is 4.61. The number of hydrogen-bond donors (Lipinski definition) is 0. The quantitative estimate of drug-likeness (QED) is 0.692. The normalized spacial score (nSPS) is 17.0. The number of para-hydroxylation sites is 1. The smallest absolute Gasteiger partial charge is 0.166 e. The number of carbonyl (C=O) groups is 1. The van der Waals surface area contributed by atoms with Crippen molar-refractivity contribution in [3.8, 4) is 5.75 Å². The van der Waals surface area contributed by atoms with Crippen molar-refractivity contribution < 1.29 is 9.53 Å². The zero-order chi connectivity index (χ0) is 11.1. The van der Waals surface area contributed by atoms with Crippen molar-refractivity contribution in [1.29, 1.82) is 0 Å². The van der Waals surface area contributed by atoms with Crippen LogP contribution in [0.1, 0.15) is 43.1 Å². The van der Waals surface area contributed by atoms with Crippen LogP contribution in [0.25, 0.3) is 0 Å². The molecule has 0 aromatic heterocycles. The summed E-state index contributed by atoms with van der Waals surface area (Å²) >= 11 is 0. The van der Waals surface area contributed by atoms with E-state index in [0.29, 0.717) is 6.42 Å². The van der Waals surface area contributed by atoms with Crippen LogP contribution in [-0.4, -0.2) is 11.4 Å². The molecule has 0 aliphatic carbocycles. The van der Waals surface area contributed by atoms with E-state index in [9.17, 15) is 4.79 Å². The summed E-state index contributed by atoms with van der Waals surface area (Å²) in [6.45, 7) is 5.97. The van der Waals surface area contributed by atoms with Crippen molar-refractivity contribution in [2.75, 3.05) is 0 Å². The van der Waals surface area contributed by atoms with E-state index in [1.54, 1.807) is 0 Å². The molecule has 0 saturated carbocycles. The van der Waals surface area contributed by atoms with E-state index in [2.05, 4.69) is 0 Å². The third-order valence-corrected chi connectivity index (χ3v) is 2.71.